The first-order valence-corrected chi connectivity index (χ1v) is 6.55. The molecule has 0 fully saturated rings. The van der Waals surface area contributed by atoms with Crippen molar-refractivity contribution in [1.82, 2.24) is 0 Å². The van der Waals surface area contributed by atoms with Gasteiger partial charge in [0.15, 0.2) is 5.60 Å². The number of nitrogens with zero attached hydrogens (tertiary/aromatic N) is 1. The molecule has 2 atom stereocenters. The van der Waals surface area contributed by atoms with Crippen molar-refractivity contribution >= 4 is 17.8 Å². The molecule has 5 nitrogen and oxygen atoms in total. The van der Waals surface area contributed by atoms with Gasteiger partial charge in [-0.3, -0.25) is 10.0 Å². The monoisotopic (exact) mass is 273 g/mol. The van der Waals surface area contributed by atoms with Crippen molar-refractivity contribution in [1.29, 1.82) is 0 Å². The van der Waals surface area contributed by atoms with Crippen molar-refractivity contribution in [2.45, 2.75) is 25.4 Å². The zero-order valence-corrected chi connectivity index (χ0v) is 11.3. The van der Waals surface area contributed by atoms with Crippen molar-refractivity contribution in [2.75, 3.05) is 6.61 Å². The van der Waals surface area contributed by atoms with Gasteiger partial charge in [-0.05, 0) is 31.1 Å². The first-order valence-electron chi connectivity index (χ1n) is 6.55. The second-order valence-electron chi connectivity index (χ2n) is 5.00. The molecule has 5 heteroatoms. The number of carbonyl (C=O) groups excluding carboxylic acids is 1. The third kappa shape index (κ3) is 1.62. The molecule has 0 bridgehead atoms. The molecule has 1 aliphatic carbocycles. The van der Waals surface area contributed by atoms with Gasteiger partial charge in [0.25, 0.3) is 5.71 Å². The van der Waals surface area contributed by atoms with E-state index in [0.29, 0.717) is 10.6 Å². The third-order valence-corrected chi connectivity index (χ3v) is 3.75. The Labute approximate surface area is 116 Å². The first kappa shape index (κ1) is 12.7. The standard InChI is InChI=1S/C15H15NO4/c1-3-19-14(17)15(2)13-11-7-5-4-6-10(11)8-9-12(13)16(18)20-15/h4-9,13H,3H2,1-2H3. The van der Waals surface area contributed by atoms with Crippen LogP contribution >= 0.6 is 0 Å². The van der Waals surface area contributed by atoms with Gasteiger partial charge < -0.3 is 9.57 Å². The summed E-state index contributed by atoms with van der Waals surface area (Å²) in [4.78, 5) is 17.9. The molecule has 0 aromatic heterocycles. The zero-order valence-electron chi connectivity index (χ0n) is 11.3. The molecular formula is C15H15NO4. The van der Waals surface area contributed by atoms with Crippen LogP contribution in [0.25, 0.3) is 6.08 Å². The maximum atomic E-state index is 12.2. The molecule has 0 spiro atoms. The highest BCUT2D eigenvalue weighted by atomic mass is 16.9. The summed E-state index contributed by atoms with van der Waals surface area (Å²) >= 11 is 0. The Morgan fingerprint density at radius 1 is 1.45 bits per heavy atom. The van der Waals surface area contributed by atoms with Crippen LogP contribution in [0.2, 0.25) is 0 Å². The van der Waals surface area contributed by atoms with E-state index < -0.39 is 17.5 Å². The average Bonchev–Trinajstić information content (AvgIpc) is 2.72. The summed E-state index contributed by atoms with van der Waals surface area (Å²) in [6.45, 7) is 3.57. The molecule has 1 aliphatic heterocycles. The summed E-state index contributed by atoms with van der Waals surface area (Å²) in [5, 5.41) is 11.9. The number of rotatable bonds is 2. The summed E-state index contributed by atoms with van der Waals surface area (Å²) in [6.07, 6.45) is 3.55. The molecule has 0 amide bonds. The van der Waals surface area contributed by atoms with Crippen LogP contribution in [-0.4, -0.2) is 28.8 Å². The minimum atomic E-state index is -1.33. The van der Waals surface area contributed by atoms with Crippen molar-refractivity contribution in [3.05, 3.63) is 46.7 Å². The van der Waals surface area contributed by atoms with Crippen LogP contribution in [0.15, 0.2) is 30.3 Å². The van der Waals surface area contributed by atoms with Crippen LogP contribution in [0.4, 0.5) is 0 Å². The van der Waals surface area contributed by atoms with Gasteiger partial charge in [-0.15, -0.1) is 0 Å². The maximum absolute atomic E-state index is 12.2. The second kappa shape index (κ2) is 4.37. The molecule has 0 saturated carbocycles. The van der Waals surface area contributed by atoms with Gasteiger partial charge in [0, 0.05) is 11.0 Å². The van der Waals surface area contributed by atoms with Crippen molar-refractivity contribution < 1.29 is 19.3 Å². The Balaban J connectivity index is 2.12. The number of esters is 1. The van der Waals surface area contributed by atoms with Gasteiger partial charge in [0.1, 0.15) is 5.92 Å². The van der Waals surface area contributed by atoms with Gasteiger partial charge in [-0.2, -0.15) is 0 Å². The van der Waals surface area contributed by atoms with Gasteiger partial charge in [-0.1, -0.05) is 24.3 Å². The first-order chi connectivity index (χ1) is 9.58. The smallest absolute Gasteiger partial charge is 0.329 e. The van der Waals surface area contributed by atoms with E-state index in [1.807, 2.05) is 30.3 Å². The number of hydrogen-bond acceptors (Lipinski definition) is 4. The summed E-state index contributed by atoms with van der Waals surface area (Å²) in [5.74, 6) is -0.966. The normalized spacial score (nSPS) is 26.8. The molecule has 1 heterocycles. The third-order valence-electron chi connectivity index (χ3n) is 3.75. The van der Waals surface area contributed by atoms with Crippen LogP contribution in [-0.2, 0) is 14.4 Å². The highest BCUT2D eigenvalue weighted by Gasteiger charge is 2.56. The van der Waals surface area contributed by atoms with E-state index in [-0.39, 0.29) is 6.61 Å². The minimum absolute atomic E-state index is 0.246. The van der Waals surface area contributed by atoms with E-state index in [0.717, 1.165) is 11.1 Å². The summed E-state index contributed by atoms with van der Waals surface area (Å²) < 4.78 is 5.07. The molecule has 1 aromatic rings. The van der Waals surface area contributed by atoms with E-state index in [4.69, 9.17) is 9.57 Å². The van der Waals surface area contributed by atoms with Gasteiger partial charge in [-0.25, -0.2) is 0 Å². The lowest BCUT2D eigenvalue weighted by atomic mass is 9.76. The zero-order chi connectivity index (χ0) is 14.3. The number of fused-ring (bicyclic) bond motifs is 3. The summed E-state index contributed by atoms with van der Waals surface area (Å²) in [5.41, 5.74) is 0.988. The number of allylic oxidation sites excluding steroid dienone is 1. The van der Waals surface area contributed by atoms with Crippen LogP contribution < -0.4 is 0 Å². The molecule has 2 unspecified atom stereocenters. The fourth-order valence-electron chi connectivity index (χ4n) is 2.81. The van der Waals surface area contributed by atoms with Gasteiger partial charge in [0.2, 0.25) is 0 Å². The van der Waals surface area contributed by atoms with E-state index in [2.05, 4.69) is 0 Å². The minimum Gasteiger partial charge on any atom is -0.465 e. The predicted molar refractivity (Wildman–Crippen MR) is 73.0 cm³/mol. The Morgan fingerprint density at radius 3 is 2.95 bits per heavy atom. The molecule has 0 radical (unpaired) electrons. The fourth-order valence-corrected chi connectivity index (χ4v) is 2.81. The van der Waals surface area contributed by atoms with E-state index in [1.54, 1.807) is 19.9 Å². The maximum Gasteiger partial charge on any atom is 0.329 e. The van der Waals surface area contributed by atoms with Crippen molar-refractivity contribution in [3.8, 4) is 0 Å². The van der Waals surface area contributed by atoms with Crippen LogP contribution in [0.5, 0.6) is 0 Å². The van der Waals surface area contributed by atoms with E-state index in [1.165, 1.54) is 0 Å². The molecule has 104 valence electrons. The largest absolute Gasteiger partial charge is 0.465 e. The molecule has 2 aliphatic rings. The van der Waals surface area contributed by atoms with Crippen LogP contribution in [0, 0.1) is 5.21 Å². The number of ether oxygens (including phenoxy) is 1. The van der Waals surface area contributed by atoms with Crippen LogP contribution in [0.1, 0.15) is 30.9 Å². The topological polar surface area (TPSA) is 61.6 Å². The molecule has 20 heavy (non-hydrogen) atoms. The Hall–Kier alpha value is -2.30. The Kier molecular flexibility index (Phi) is 2.78. The second-order valence-corrected chi connectivity index (χ2v) is 5.00. The lowest BCUT2D eigenvalue weighted by molar-refractivity contribution is -0.747. The molecule has 0 N–H and O–H groups in total. The highest BCUT2D eigenvalue weighted by Crippen LogP contribution is 2.42. The van der Waals surface area contributed by atoms with Crippen molar-refractivity contribution in [2.24, 2.45) is 0 Å². The molecule has 0 saturated heterocycles. The van der Waals surface area contributed by atoms with E-state index >= 15 is 0 Å². The molecule has 3 rings (SSSR count). The lowest BCUT2D eigenvalue weighted by Gasteiger charge is -2.30. The average molecular weight is 273 g/mol. The predicted octanol–water partition coefficient (Wildman–Crippen LogP) is 2.02. The van der Waals surface area contributed by atoms with Crippen molar-refractivity contribution in [3.63, 3.8) is 0 Å². The SMILES string of the molecule is CCOC(=O)C1(C)O[N+]([O-])=C2C=Cc3ccccc3C21. The molecule has 1 aromatic carbocycles. The number of carbonyl (C=O) groups is 1. The van der Waals surface area contributed by atoms with E-state index in [9.17, 15) is 10.0 Å². The fraction of sp³-hybridized carbons (Fsp3) is 0.333. The highest BCUT2D eigenvalue weighted by molar-refractivity contribution is 6.07. The molecular weight excluding hydrogens is 258 g/mol. The summed E-state index contributed by atoms with van der Waals surface area (Å²) in [7, 11) is 0. The van der Waals surface area contributed by atoms with Gasteiger partial charge >= 0.3 is 5.97 Å². The lowest BCUT2D eigenvalue weighted by Crippen LogP contribution is -2.44. The van der Waals surface area contributed by atoms with Crippen LogP contribution in [0.3, 0.4) is 0 Å². The number of hydrogen-bond donors (Lipinski definition) is 0. The summed E-state index contributed by atoms with van der Waals surface area (Å²) in [6, 6.07) is 7.65. The quantitative estimate of drug-likeness (QED) is 0.611. The van der Waals surface area contributed by atoms with Gasteiger partial charge in [0.05, 0.1) is 6.61 Å². The number of benzene rings is 1. The Morgan fingerprint density at radius 2 is 2.20 bits per heavy atom. The Bertz CT molecular complexity index is 635.